The summed E-state index contributed by atoms with van der Waals surface area (Å²) in [6, 6.07) is 27.5. The normalized spacial score (nSPS) is 26.9. The highest BCUT2D eigenvalue weighted by Crippen LogP contribution is 2.65. The number of allylic oxidation sites excluding steroid dienone is 2. The number of nitrogens with zero attached hydrogens (tertiary/aromatic N) is 2. The summed E-state index contributed by atoms with van der Waals surface area (Å²) in [5, 5.41) is 21.8. The highest BCUT2D eigenvalue weighted by Gasteiger charge is 2.70. The smallest absolute Gasteiger partial charge is 0.246 e. The van der Waals surface area contributed by atoms with Gasteiger partial charge in [-0.1, -0.05) is 83.9 Å². The second kappa shape index (κ2) is 12.4. The van der Waals surface area contributed by atoms with Gasteiger partial charge >= 0.3 is 0 Å². The minimum absolute atomic E-state index is 0.131. The first-order valence-electron chi connectivity index (χ1n) is 17.0. The van der Waals surface area contributed by atoms with Gasteiger partial charge in [-0.2, -0.15) is 0 Å². The quantitative estimate of drug-likeness (QED) is 0.175. The number of ether oxygens (including phenoxy) is 1. The molecule has 2 aliphatic carbocycles. The first kappa shape index (κ1) is 32.8. The van der Waals surface area contributed by atoms with Gasteiger partial charge in [0.1, 0.15) is 5.75 Å². The number of halogens is 1. The molecule has 3 fully saturated rings. The summed E-state index contributed by atoms with van der Waals surface area (Å²) >= 11 is 6.39. The number of rotatable bonds is 7. The van der Waals surface area contributed by atoms with Crippen LogP contribution in [-0.4, -0.2) is 52.4 Å². The van der Waals surface area contributed by atoms with Crippen LogP contribution in [-0.2, 0) is 31.0 Å². The molecule has 4 amide bonds. The third-order valence-corrected chi connectivity index (χ3v) is 11.6. The zero-order valence-corrected chi connectivity index (χ0v) is 28.5. The summed E-state index contributed by atoms with van der Waals surface area (Å²) in [4.78, 5) is 61.0. The molecule has 0 spiro atoms. The molecule has 10 heteroatoms. The van der Waals surface area contributed by atoms with Crippen LogP contribution in [0.5, 0.6) is 17.2 Å². The molecule has 2 aliphatic heterocycles. The Balaban J connectivity index is 1.29. The summed E-state index contributed by atoms with van der Waals surface area (Å²) in [5.74, 6) is -5.02. The number of phenolic OH excluding ortho intramolecular Hbond substituents is 2. The van der Waals surface area contributed by atoms with Gasteiger partial charge in [-0.15, -0.1) is 0 Å². The van der Waals surface area contributed by atoms with E-state index in [9.17, 15) is 24.6 Å². The Morgan fingerprint density at radius 1 is 0.843 bits per heavy atom. The topological polar surface area (TPSA) is 124 Å². The number of imide groups is 2. The van der Waals surface area contributed by atoms with Crippen molar-refractivity contribution in [1.29, 1.82) is 0 Å². The van der Waals surface area contributed by atoms with E-state index < -0.39 is 46.8 Å². The number of amides is 4. The Morgan fingerprint density at radius 2 is 1.59 bits per heavy atom. The maximum atomic E-state index is 15.3. The highest BCUT2D eigenvalue weighted by molar-refractivity contribution is 6.32. The van der Waals surface area contributed by atoms with Crippen molar-refractivity contribution in [1.82, 2.24) is 4.90 Å². The second-order valence-electron chi connectivity index (χ2n) is 13.7. The van der Waals surface area contributed by atoms with E-state index in [1.165, 1.54) is 16.9 Å². The lowest BCUT2D eigenvalue weighted by Crippen LogP contribution is -2.53. The van der Waals surface area contributed by atoms with Crippen molar-refractivity contribution in [2.24, 2.45) is 23.7 Å². The zero-order valence-electron chi connectivity index (χ0n) is 27.7. The molecule has 51 heavy (non-hydrogen) atoms. The summed E-state index contributed by atoms with van der Waals surface area (Å²) in [5.41, 5.74) is 1.44. The Kier molecular flexibility index (Phi) is 7.98. The molecule has 1 saturated carbocycles. The fraction of sp³-hybridized carbons (Fsp3) is 0.268. The van der Waals surface area contributed by atoms with Crippen molar-refractivity contribution >= 4 is 40.9 Å². The van der Waals surface area contributed by atoms with Crippen molar-refractivity contribution in [3.05, 3.63) is 130 Å². The lowest BCUT2D eigenvalue weighted by molar-refractivity contribution is -0.140. The van der Waals surface area contributed by atoms with E-state index in [0.717, 1.165) is 11.1 Å². The van der Waals surface area contributed by atoms with Crippen molar-refractivity contribution in [3.63, 3.8) is 0 Å². The van der Waals surface area contributed by atoms with Crippen LogP contribution in [0.2, 0.25) is 5.02 Å². The predicted octanol–water partition coefficient (Wildman–Crippen LogP) is 6.16. The Morgan fingerprint density at radius 3 is 2.31 bits per heavy atom. The number of aromatic hydroxyl groups is 2. The fourth-order valence-electron chi connectivity index (χ4n) is 9.21. The van der Waals surface area contributed by atoms with Gasteiger partial charge in [-0.3, -0.25) is 24.1 Å². The number of carbonyl (C=O) groups excluding carboxylic acids is 4. The zero-order chi connectivity index (χ0) is 35.6. The molecule has 2 saturated heterocycles. The number of phenols is 2. The number of para-hydroxylation sites is 1. The molecule has 8 rings (SSSR count). The minimum atomic E-state index is -1.51. The molecule has 4 aromatic rings. The fourth-order valence-corrected chi connectivity index (χ4v) is 9.40. The van der Waals surface area contributed by atoms with Gasteiger partial charge in [0.05, 0.1) is 36.0 Å². The van der Waals surface area contributed by atoms with Crippen LogP contribution >= 0.6 is 11.6 Å². The van der Waals surface area contributed by atoms with Crippen LogP contribution in [0.15, 0.2) is 109 Å². The first-order valence-corrected chi connectivity index (χ1v) is 17.4. The highest BCUT2D eigenvalue weighted by atomic mass is 35.5. The Labute approximate surface area is 299 Å². The van der Waals surface area contributed by atoms with E-state index in [1.54, 1.807) is 66.7 Å². The van der Waals surface area contributed by atoms with Crippen molar-refractivity contribution in [2.45, 2.75) is 30.6 Å². The molecule has 4 aliphatic rings. The van der Waals surface area contributed by atoms with Crippen LogP contribution in [0.3, 0.4) is 0 Å². The summed E-state index contributed by atoms with van der Waals surface area (Å²) in [6.07, 6.45) is 2.80. The average Bonchev–Trinajstić information content (AvgIpc) is 3.52. The molecule has 0 radical (unpaired) electrons. The van der Waals surface area contributed by atoms with Gasteiger partial charge < -0.3 is 14.9 Å². The summed E-state index contributed by atoms with van der Waals surface area (Å²) in [7, 11) is 1.45. The maximum absolute atomic E-state index is 15.3. The number of anilines is 1. The van der Waals surface area contributed by atoms with Gasteiger partial charge in [-0.05, 0) is 72.7 Å². The SMILES string of the molecule is COc1cccc(C2C3=CCC4C(=O)N(CCc5ccc(O)cc5)C(=O)C4C3CC3C(=O)N(c4cccc(Cl)c4)C(=O)C32c2ccccc2)c1O. The van der Waals surface area contributed by atoms with Crippen LogP contribution in [0.25, 0.3) is 0 Å². The molecule has 4 aromatic carbocycles. The lowest BCUT2D eigenvalue weighted by Gasteiger charge is -2.50. The average molecular weight is 703 g/mol. The molecular weight excluding hydrogens is 668 g/mol. The van der Waals surface area contributed by atoms with Gasteiger partial charge in [0.2, 0.25) is 23.6 Å². The summed E-state index contributed by atoms with van der Waals surface area (Å²) in [6.45, 7) is 0.176. The largest absolute Gasteiger partial charge is 0.508 e. The first-order chi connectivity index (χ1) is 24.7. The van der Waals surface area contributed by atoms with E-state index in [-0.39, 0.29) is 48.4 Å². The minimum Gasteiger partial charge on any atom is -0.508 e. The van der Waals surface area contributed by atoms with Crippen LogP contribution < -0.4 is 9.64 Å². The van der Waals surface area contributed by atoms with Crippen molar-refractivity contribution in [3.8, 4) is 17.2 Å². The monoisotopic (exact) mass is 702 g/mol. The number of methoxy groups -OCH3 is 1. The molecule has 6 unspecified atom stereocenters. The van der Waals surface area contributed by atoms with E-state index in [4.69, 9.17) is 16.3 Å². The molecule has 6 atom stereocenters. The van der Waals surface area contributed by atoms with E-state index in [0.29, 0.717) is 28.3 Å². The molecule has 9 nitrogen and oxygen atoms in total. The van der Waals surface area contributed by atoms with Crippen LogP contribution in [0, 0.1) is 23.7 Å². The van der Waals surface area contributed by atoms with Gasteiger partial charge in [0, 0.05) is 23.0 Å². The van der Waals surface area contributed by atoms with Gasteiger partial charge in [-0.25, -0.2) is 4.90 Å². The van der Waals surface area contributed by atoms with Crippen LogP contribution in [0.4, 0.5) is 5.69 Å². The van der Waals surface area contributed by atoms with Gasteiger partial charge in [0.15, 0.2) is 11.5 Å². The Bertz CT molecular complexity index is 2120. The van der Waals surface area contributed by atoms with Crippen molar-refractivity contribution in [2.75, 3.05) is 18.6 Å². The molecule has 258 valence electrons. The van der Waals surface area contributed by atoms with E-state index in [1.807, 2.05) is 36.4 Å². The number of fused-ring (bicyclic) bond motifs is 4. The number of carbonyl (C=O) groups is 4. The number of hydrogen-bond donors (Lipinski definition) is 2. The third kappa shape index (κ3) is 4.89. The van der Waals surface area contributed by atoms with Crippen molar-refractivity contribution < 1.29 is 34.1 Å². The maximum Gasteiger partial charge on any atom is 0.246 e. The number of benzene rings is 4. The second-order valence-corrected chi connectivity index (χ2v) is 14.2. The predicted molar refractivity (Wildman–Crippen MR) is 189 cm³/mol. The number of likely N-dealkylation sites (tertiary alicyclic amines) is 1. The molecule has 0 aromatic heterocycles. The Hall–Kier alpha value is -5.41. The van der Waals surface area contributed by atoms with Crippen LogP contribution in [0.1, 0.15) is 35.4 Å². The molecule has 2 N–H and O–H groups in total. The number of hydrogen-bond acceptors (Lipinski definition) is 7. The molecular formula is C41H35ClN2O7. The summed E-state index contributed by atoms with van der Waals surface area (Å²) < 4.78 is 5.53. The van der Waals surface area contributed by atoms with E-state index in [2.05, 4.69) is 0 Å². The molecule has 2 heterocycles. The molecule has 0 bridgehead atoms. The van der Waals surface area contributed by atoms with E-state index >= 15 is 4.79 Å². The van der Waals surface area contributed by atoms with Gasteiger partial charge in [0.25, 0.3) is 0 Å². The third-order valence-electron chi connectivity index (χ3n) is 11.4. The standard InChI is InChI=1S/C41H35ClN2O7/c1-51-33-12-6-11-30(36(33)46)35-28-17-18-29-34(39(49)43(37(29)47)20-19-23-13-15-27(45)16-14-23)31(28)22-32-38(48)44(26-10-5-9-25(42)21-26)40(50)41(32,35)24-7-3-2-4-8-24/h2-17,21,29,31-32,34-35,45-46H,18-20,22H2,1H3. The lowest BCUT2D eigenvalue weighted by atomic mass is 9.49.